The van der Waals surface area contributed by atoms with Gasteiger partial charge in [-0.15, -0.1) is 0 Å². The van der Waals surface area contributed by atoms with Gasteiger partial charge in [-0.05, 0) is 66.9 Å². The van der Waals surface area contributed by atoms with E-state index in [-0.39, 0.29) is 16.2 Å². The Morgan fingerprint density at radius 2 is 1.92 bits per heavy atom. The van der Waals surface area contributed by atoms with E-state index in [1.54, 1.807) is 33.0 Å². The molecule has 2 amide bonds. The number of carbonyl (C=O) groups excluding carboxylic acids is 3. The van der Waals surface area contributed by atoms with Gasteiger partial charge in [-0.3, -0.25) is 14.6 Å². The van der Waals surface area contributed by atoms with E-state index >= 15 is 0 Å². The summed E-state index contributed by atoms with van der Waals surface area (Å²) in [5, 5.41) is 5.60. The molecule has 2 heterocycles. The molecule has 36 heavy (non-hydrogen) atoms. The fraction of sp³-hybridized carbons (Fsp3) is 0.400. The third kappa shape index (κ3) is 7.09. The smallest absolute Gasteiger partial charge is 0.408 e. The van der Waals surface area contributed by atoms with Crippen LogP contribution >= 0.6 is 15.9 Å². The van der Waals surface area contributed by atoms with Crippen LogP contribution in [0.15, 0.2) is 41.3 Å². The van der Waals surface area contributed by atoms with Gasteiger partial charge in [0, 0.05) is 24.6 Å². The molecule has 0 saturated carbocycles. The van der Waals surface area contributed by atoms with Crippen LogP contribution in [0.2, 0.25) is 0 Å². The highest BCUT2D eigenvalue weighted by Crippen LogP contribution is 2.35. The summed E-state index contributed by atoms with van der Waals surface area (Å²) in [5.41, 5.74) is 1.20. The van der Waals surface area contributed by atoms with Gasteiger partial charge in [0.25, 0.3) is 5.91 Å². The first kappa shape index (κ1) is 27.3. The van der Waals surface area contributed by atoms with Crippen molar-refractivity contribution in [2.75, 3.05) is 5.32 Å². The van der Waals surface area contributed by atoms with Crippen LogP contribution in [0, 0.1) is 11.7 Å². The number of halogens is 2. The molecule has 0 spiro atoms. The number of hydrogen-bond donors (Lipinski definition) is 2. The minimum absolute atomic E-state index is 0.0171. The zero-order chi connectivity index (χ0) is 26.6. The van der Waals surface area contributed by atoms with Crippen LogP contribution in [-0.2, 0) is 14.3 Å². The zero-order valence-corrected chi connectivity index (χ0v) is 22.2. The van der Waals surface area contributed by atoms with Crippen molar-refractivity contribution >= 4 is 45.2 Å². The summed E-state index contributed by atoms with van der Waals surface area (Å²) in [6.07, 6.45) is 4.06. The van der Waals surface area contributed by atoms with Gasteiger partial charge in [-0.1, -0.05) is 13.0 Å². The molecule has 0 radical (unpaired) electrons. The summed E-state index contributed by atoms with van der Waals surface area (Å²) in [6, 6.07) is 3.57. The molecule has 0 aliphatic heterocycles. The van der Waals surface area contributed by atoms with E-state index in [2.05, 4.69) is 36.5 Å². The van der Waals surface area contributed by atoms with Crippen molar-refractivity contribution in [2.45, 2.75) is 58.8 Å². The Hall–Kier alpha value is -3.34. The van der Waals surface area contributed by atoms with Gasteiger partial charge < -0.3 is 20.1 Å². The van der Waals surface area contributed by atoms with Crippen molar-refractivity contribution in [3.8, 4) is 0 Å². The molecule has 0 unspecified atom stereocenters. The Balaban J connectivity index is 1.89. The lowest BCUT2D eigenvalue weighted by molar-refractivity contribution is -0.150. The SMILES string of the molecule is CC(=O)O[C@@H]1[C@@H](C)C=C(c2ccncc2NC(=O)c2ccc(F)c(Br)n2)C[C@H]1NC(=O)OC(C)(C)C. The maximum Gasteiger partial charge on any atom is 0.408 e. The van der Waals surface area contributed by atoms with Crippen LogP contribution in [0.1, 0.15) is 57.1 Å². The number of nitrogens with zero attached hydrogens (tertiary/aromatic N) is 2. The first-order chi connectivity index (χ1) is 16.8. The van der Waals surface area contributed by atoms with Crippen LogP contribution in [0.4, 0.5) is 14.9 Å². The standard InChI is InChI=1S/C25H28BrFN4O5/c1-13-10-15(11-19(21(13)35-14(2)32)31-24(34)36-25(3,4)5)16-8-9-28-12-20(16)30-23(33)18-7-6-17(27)22(26)29-18/h6-10,12-13,19,21H,11H2,1-5H3,(H,30,33)(H,31,34)/t13-,19+,21+/m0/s1. The van der Waals surface area contributed by atoms with Crippen molar-refractivity contribution in [3.63, 3.8) is 0 Å². The highest BCUT2D eigenvalue weighted by molar-refractivity contribution is 9.10. The highest BCUT2D eigenvalue weighted by Gasteiger charge is 2.36. The van der Waals surface area contributed by atoms with E-state index in [0.717, 1.165) is 11.6 Å². The summed E-state index contributed by atoms with van der Waals surface area (Å²) in [5.74, 6) is -1.85. The van der Waals surface area contributed by atoms with E-state index in [0.29, 0.717) is 17.7 Å². The first-order valence-electron chi connectivity index (χ1n) is 11.3. The van der Waals surface area contributed by atoms with Gasteiger partial charge in [0.15, 0.2) is 5.82 Å². The quantitative estimate of drug-likeness (QED) is 0.393. The molecule has 9 nitrogen and oxygen atoms in total. The van der Waals surface area contributed by atoms with E-state index in [1.807, 2.05) is 13.0 Å². The maximum atomic E-state index is 13.5. The second-order valence-electron chi connectivity index (χ2n) is 9.43. The molecule has 3 atom stereocenters. The van der Waals surface area contributed by atoms with Gasteiger partial charge in [0.2, 0.25) is 0 Å². The topological polar surface area (TPSA) is 120 Å². The summed E-state index contributed by atoms with van der Waals surface area (Å²) in [7, 11) is 0. The molecule has 2 aromatic rings. The fourth-order valence-electron chi connectivity index (χ4n) is 3.88. The predicted molar refractivity (Wildman–Crippen MR) is 135 cm³/mol. The van der Waals surface area contributed by atoms with E-state index in [4.69, 9.17) is 9.47 Å². The van der Waals surface area contributed by atoms with Crippen molar-refractivity contribution < 1.29 is 28.2 Å². The number of esters is 1. The summed E-state index contributed by atoms with van der Waals surface area (Å²) in [6.45, 7) is 8.45. The molecule has 0 fully saturated rings. The van der Waals surface area contributed by atoms with Crippen LogP contribution in [0.3, 0.4) is 0 Å². The monoisotopic (exact) mass is 562 g/mol. The fourth-order valence-corrected chi connectivity index (χ4v) is 4.20. The Bertz CT molecular complexity index is 1200. The van der Waals surface area contributed by atoms with Crippen molar-refractivity contribution in [1.82, 2.24) is 15.3 Å². The van der Waals surface area contributed by atoms with Crippen molar-refractivity contribution in [3.05, 3.63) is 58.3 Å². The lowest BCUT2D eigenvalue weighted by Crippen LogP contribution is -2.50. The lowest BCUT2D eigenvalue weighted by Gasteiger charge is -2.36. The zero-order valence-electron chi connectivity index (χ0n) is 20.6. The molecular formula is C25H28BrFN4O5. The Morgan fingerprint density at radius 3 is 2.56 bits per heavy atom. The van der Waals surface area contributed by atoms with Gasteiger partial charge in [0.1, 0.15) is 22.0 Å². The van der Waals surface area contributed by atoms with Crippen molar-refractivity contribution in [2.24, 2.45) is 5.92 Å². The largest absolute Gasteiger partial charge is 0.460 e. The first-order valence-corrected chi connectivity index (χ1v) is 12.1. The van der Waals surface area contributed by atoms with Gasteiger partial charge in [-0.25, -0.2) is 14.2 Å². The predicted octanol–water partition coefficient (Wildman–Crippen LogP) is 4.88. The molecule has 2 N–H and O–H groups in total. The van der Waals surface area contributed by atoms with Crippen LogP contribution in [0.25, 0.3) is 5.57 Å². The van der Waals surface area contributed by atoms with E-state index in [1.165, 1.54) is 19.2 Å². The Morgan fingerprint density at radius 1 is 1.19 bits per heavy atom. The summed E-state index contributed by atoms with van der Waals surface area (Å²) in [4.78, 5) is 45.1. The second-order valence-corrected chi connectivity index (χ2v) is 10.2. The minimum Gasteiger partial charge on any atom is -0.460 e. The number of nitrogens with one attached hydrogen (secondary N) is 2. The second kappa shape index (κ2) is 11.2. The average molecular weight is 563 g/mol. The number of alkyl carbamates (subject to hydrolysis) is 1. The summed E-state index contributed by atoms with van der Waals surface area (Å²) >= 11 is 2.98. The number of rotatable bonds is 5. The molecule has 3 rings (SSSR count). The molecule has 0 saturated heterocycles. The highest BCUT2D eigenvalue weighted by atomic mass is 79.9. The maximum absolute atomic E-state index is 13.5. The molecule has 192 valence electrons. The number of hydrogen-bond acceptors (Lipinski definition) is 7. The summed E-state index contributed by atoms with van der Waals surface area (Å²) < 4.78 is 24.4. The molecular weight excluding hydrogens is 535 g/mol. The van der Waals surface area contributed by atoms with E-state index < -0.39 is 41.5 Å². The average Bonchev–Trinajstić information content (AvgIpc) is 2.76. The van der Waals surface area contributed by atoms with Gasteiger partial charge in [-0.2, -0.15) is 0 Å². The third-order valence-electron chi connectivity index (χ3n) is 5.27. The van der Waals surface area contributed by atoms with Crippen LogP contribution < -0.4 is 10.6 Å². The number of aromatic nitrogens is 2. The van der Waals surface area contributed by atoms with Crippen LogP contribution in [0.5, 0.6) is 0 Å². The van der Waals surface area contributed by atoms with Crippen molar-refractivity contribution in [1.29, 1.82) is 0 Å². The number of carbonyl (C=O) groups is 3. The van der Waals surface area contributed by atoms with Gasteiger partial charge >= 0.3 is 12.1 Å². The molecule has 1 aliphatic carbocycles. The molecule has 0 aromatic carbocycles. The lowest BCUT2D eigenvalue weighted by atomic mass is 9.82. The molecule has 2 aromatic heterocycles. The number of ether oxygens (including phenoxy) is 2. The molecule has 0 bridgehead atoms. The Kier molecular flexibility index (Phi) is 8.44. The molecule has 11 heteroatoms. The number of pyridine rings is 2. The minimum atomic E-state index is -0.702. The Labute approximate surface area is 217 Å². The van der Waals surface area contributed by atoms with Gasteiger partial charge in [0.05, 0.1) is 17.9 Å². The normalized spacial score (nSPS) is 19.6. The van der Waals surface area contributed by atoms with Crippen LogP contribution in [-0.4, -0.2) is 45.7 Å². The van der Waals surface area contributed by atoms with E-state index in [9.17, 15) is 18.8 Å². The third-order valence-corrected chi connectivity index (χ3v) is 5.83. The number of amides is 2. The molecule has 1 aliphatic rings. The number of anilines is 1.